The number of nitrogens with one attached hydrogen (secondary N) is 1. The summed E-state index contributed by atoms with van der Waals surface area (Å²) in [5.74, 6) is 0.0477. The maximum absolute atomic E-state index is 10.6. The first kappa shape index (κ1) is 6.55. The molecule has 0 aromatic rings. The number of carbonyl (C=O) groups excluding carboxylic acids is 1. The number of hydrogen-bond acceptors (Lipinski definition) is 2. The lowest BCUT2D eigenvalue weighted by Gasteiger charge is -2.19. The molecule has 0 spiro atoms. The molecule has 9 heavy (non-hydrogen) atoms. The molecule has 1 atom stereocenters. The van der Waals surface area contributed by atoms with Gasteiger partial charge in [0.2, 0.25) is 5.91 Å². The Labute approximate surface area is 54.1 Å². The Morgan fingerprint density at radius 3 is 2.78 bits per heavy atom. The molecule has 1 aliphatic rings. The summed E-state index contributed by atoms with van der Waals surface area (Å²) in [4.78, 5) is 10.6. The number of rotatable bonds is 1. The Morgan fingerprint density at radius 1 is 1.89 bits per heavy atom. The summed E-state index contributed by atoms with van der Waals surface area (Å²) in [5.41, 5.74) is -0.336. The molecule has 1 saturated heterocycles. The van der Waals surface area contributed by atoms with E-state index in [9.17, 15) is 4.79 Å². The molecular weight excluding hydrogens is 118 g/mol. The van der Waals surface area contributed by atoms with E-state index in [0.29, 0.717) is 6.42 Å². The van der Waals surface area contributed by atoms with Crippen molar-refractivity contribution in [2.24, 2.45) is 0 Å². The van der Waals surface area contributed by atoms with Gasteiger partial charge in [0.05, 0.1) is 12.1 Å². The van der Waals surface area contributed by atoms with Crippen LogP contribution < -0.4 is 5.32 Å². The minimum atomic E-state index is -0.336. The maximum atomic E-state index is 10.6. The minimum Gasteiger partial charge on any atom is -0.394 e. The maximum Gasteiger partial charge on any atom is 0.220 e. The predicted octanol–water partition coefficient (Wildman–Crippen LogP) is -0.353. The van der Waals surface area contributed by atoms with Gasteiger partial charge in [-0.25, -0.2) is 0 Å². The van der Waals surface area contributed by atoms with Gasteiger partial charge in [0.15, 0.2) is 0 Å². The lowest BCUT2D eigenvalue weighted by Crippen LogP contribution is -2.41. The highest BCUT2D eigenvalue weighted by Crippen LogP contribution is 2.17. The molecule has 0 unspecified atom stereocenters. The first-order valence-electron chi connectivity index (χ1n) is 3.08. The largest absolute Gasteiger partial charge is 0.394 e. The molecule has 3 nitrogen and oxygen atoms in total. The molecule has 0 radical (unpaired) electrons. The van der Waals surface area contributed by atoms with Gasteiger partial charge in [-0.05, 0) is 13.3 Å². The second kappa shape index (κ2) is 1.99. The third kappa shape index (κ3) is 1.21. The van der Waals surface area contributed by atoms with E-state index in [2.05, 4.69) is 5.32 Å². The van der Waals surface area contributed by atoms with Crippen molar-refractivity contribution in [1.29, 1.82) is 0 Å². The van der Waals surface area contributed by atoms with Crippen molar-refractivity contribution in [3.63, 3.8) is 0 Å². The number of aliphatic hydroxyl groups excluding tert-OH is 1. The molecule has 1 heterocycles. The summed E-state index contributed by atoms with van der Waals surface area (Å²) < 4.78 is 0. The Bertz CT molecular complexity index is 135. The van der Waals surface area contributed by atoms with Gasteiger partial charge in [-0.1, -0.05) is 0 Å². The quantitative estimate of drug-likeness (QED) is 0.508. The van der Waals surface area contributed by atoms with Crippen molar-refractivity contribution < 1.29 is 9.90 Å². The molecule has 1 aliphatic heterocycles. The van der Waals surface area contributed by atoms with Crippen LogP contribution in [0.2, 0.25) is 0 Å². The second-order valence-electron chi connectivity index (χ2n) is 2.77. The number of aliphatic hydroxyl groups is 1. The number of amides is 1. The zero-order valence-corrected chi connectivity index (χ0v) is 5.48. The van der Waals surface area contributed by atoms with E-state index < -0.39 is 0 Å². The van der Waals surface area contributed by atoms with Crippen LogP contribution in [-0.4, -0.2) is 23.2 Å². The fourth-order valence-electron chi connectivity index (χ4n) is 0.970. The summed E-state index contributed by atoms with van der Waals surface area (Å²) in [5, 5.41) is 11.4. The highest BCUT2D eigenvalue weighted by Gasteiger charge is 2.31. The molecule has 3 heteroatoms. The van der Waals surface area contributed by atoms with Crippen molar-refractivity contribution in [3.05, 3.63) is 0 Å². The van der Waals surface area contributed by atoms with Crippen LogP contribution in [0.15, 0.2) is 0 Å². The van der Waals surface area contributed by atoms with Crippen molar-refractivity contribution in [2.75, 3.05) is 6.61 Å². The topological polar surface area (TPSA) is 49.3 Å². The van der Waals surface area contributed by atoms with E-state index in [1.54, 1.807) is 0 Å². The third-order valence-corrected chi connectivity index (χ3v) is 1.69. The minimum absolute atomic E-state index is 0.0404. The molecule has 1 rings (SSSR count). The van der Waals surface area contributed by atoms with Crippen LogP contribution in [0.3, 0.4) is 0 Å². The third-order valence-electron chi connectivity index (χ3n) is 1.69. The second-order valence-corrected chi connectivity index (χ2v) is 2.77. The van der Waals surface area contributed by atoms with Crippen LogP contribution >= 0.6 is 0 Å². The molecule has 52 valence electrons. The normalized spacial score (nSPS) is 34.7. The van der Waals surface area contributed by atoms with Crippen LogP contribution in [0.1, 0.15) is 19.8 Å². The van der Waals surface area contributed by atoms with E-state index >= 15 is 0 Å². The molecular formula is C6H11NO2. The van der Waals surface area contributed by atoms with Crippen molar-refractivity contribution >= 4 is 5.91 Å². The van der Waals surface area contributed by atoms with E-state index in [1.165, 1.54) is 0 Å². The zero-order valence-electron chi connectivity index (χ0n) is 5.48. The predicted molar refractivity (Wildman–Crippen MR) is 32.9 cm³/mol. The van der Waals surface area contributed by atoms with Gasteiger partial charge in [-0.2, -0.15) is 0 Å². The van der Waals surface area contributed by atoms with Gasteiger partial charge in [-0.3, -0.25) is 4.79 Å². The molecule has 0 aromatic carbocycles. The van der Waals surface area contributed by atoms with Crippen LogP contribution in [0.4, 0.5) is 0 Å². The van der Waals surface area contributed by atoms with Crippen molar-refractivity contribution in [3.8, 4) is 0 Å². The highest BCUT2D eigenvalue weighted by molar-refractivity contribution is 5.79. The molecule has 0 saturated carbocycles. The summed E-state index contributed by atoms with van der Waals surface area (Å²) in [7, 11) is 0. The lowest BCUT2D eigenvalue weighted by molar-refractivity contribution is -0.119. The molecule has 0 aliphatic carbocycles. The average Bonchev–Trinajstić information content (AvgIpc) is 2.13. The summed E-state index contributed by atoms with van der Waals surface area (Å²) in [6.07, 6.45) is 1.30. The first-order valence-corrected chi connectivity index (χ1v) is 3.08. The monoisotopic (exact) mass is 129 g/mol. The van der Waals surface area contributed by atoms with Gasteiger partial charge >= 0.3 is 0 Å². The SMILES string of the molecule is C[C@]1(CO)CCC(=O)N1. The van der Waals surface area contributed by atoms with Gasteiger partial charge in [0, 0.05) is 6.42 Å². The molecule has 1 fully saturated rings. The Kier molecular flexibility index (Phi) is 1.45. The van der Waals surface area contributed by atoms with Gasteiger partial charge < -0.3 is 10.4 Å². The van der Waals surface area contributed by atoms with Gasteiger partial charge in [0.1, 0.15) is 0 Å². The summed E-state index contributed by atoms with van der Waals surface area (Å²) in [6, 6.07) is 0. The molecule has 2 N–H and O–H groups in total. The van der Waals surface area contributed by atoms with Crippen LogP contribution in [0.5, 0.6) is 0 Å². The zero-order chi connectivity index (χ0) is 6.91. The van der Waals surface area contributed by atoms with E-state index in [-0.39, 0.29) is 18.1 Å². The fourth-order valence-corrected chi connectivity index (χ4v) is 0.970. The Morgan fingerprint density at radius 2 is 2.56 bits per heavy atom. The lowest BCUT2D eigenvalue weighted by atomic mass is 10.0. The number of carbonyl (C=O) groups is 1. The van der Waals surface area contributed by atoms with E-state index in [1.807, 2.05) is 6.92 Å². The average molecular weight is 129 g/mol. The van der Waals surface area contributed by atoms with Crippen molar-refractivity contribution in [2.45, 2.75) is 25.3 Å². The van der Waals surface area contributed by atoms with Crippen LogP contribution in [-0.2, 0) is 4.79 Å². The summed E-state index contributed by atoms with van der Waals surface area (Å²) >= 11 is 0. The standard InChI is InChI=1S/C6H11NO2/c1-6(4-8)3-2-5(9)7-6/h8H,2-4H2,1H3,(H,7,9)/t6-/m1/s1. The molecule has 0 bridgehead atoms. The van der Waals surface area contributed by atoms with E-state index in [0.717, 1.165) is 6.42 Å². The highest BCUT2D eigenvalue weighted by atomic mass is 16.3. The smallest absolute Gasteiger partial charge is 0.220 e. The molecule has 0 aromatic heterocycles. The van der Waals surface area contributed by atoms with Crippen molar-refractivity contribution in [1.82, 2.24) is 5.32 Å². The fraction of sp³-hybridized carbons (Fsp3) is 0.833. The first-order chi connectivity index (χ1) is 4.16. The Hall–Kier alpha value is -0.570. The molecule has 1 amide bonds. The summed E-state index contributed by atoms with van der Waals surface area (Å²) in [6.45, 7) is 1.89. The van der Waals surface area contributed by atoms with Crippen LogP contribution in [0.25, 0.3) is 0 Å². The van der Waals surface area contributed by atoms with Crippen LogP contribution in [0, 0.1) is 0 Å². The van der Waals surface area contributed by atoms with E-state index in [4.69, 9.17) is 5.11 Å². The number of hydrogen-bond donors (Lipinski definition) is 2. The Balaban J connectivity index is 2.54. The van der Waals surface area contributed by atoms with Gasteiger partial charge in [0.25, 0.3) is 0 Å². The van der Waals surface area contributed by atoms with Gasteiger partial charge in [-0.15, -0.1) is 0 Å².